The Kier molecular flexibility index (Phi) is 7.64. The fraction of sp³-hybridized carbons (Fsp3) is 0.619. The molecule has 1 heterocycles. The Morgan fingerprint density at radius 1 is 1.33 bits per heavy atom. The van der Waals surface area contributed by atoms with Crippen LogP contribution in [-0.2, 0) is 14.3 Å². The number of esters is 1. The molecule has 1 fully saturated rings. The minimum atomic E-state index is -0.564. The van der Waals surface area contributed by atoms with Gasteiger partial charge in [-0.05, 0) is 30.7 Å². The van der Waals surface area contributed by atoms with Gasteiger partial charge in [0.1, 0.15) is 11.4 Å². The van der Waals surface area contributed by atoms with Crippen molar-refractivity contribution >= 4 is 35.2 Å². The van der Waals surface area contributed by atoms with Crippen LogP contribution in [0.1, 0.15) is 58.4 Å². The van der Waals surface area contributed by atoms with Gasteiger partial charge in [0.2, 0.25) is 5.91 Å². The molecule has 27 heavy (non-hydrogen) atoms. The molecule has 0 saturated carbocycles. The van der Waals surface area contributed by atoms with Gasteiger partial charge in [-0.15, -0.1) is 11.8 Å². The lowest BCUT2D eigenvalue weighted by molar-refractivity contribution is -0.154. The van der Waals surface area contributed by atoms with Crippen molar-refractivity contribution in [1.82, 2.24) is 4.90 Å². The first-order valence-electron chi connectivity index (χ1n) is 9.48. The third-order valence-corrected chi connectivity index (χ3v) is 6.15. The van der Waals surface area contributed by atoms with Crippen molar-refractivity contribution in [2.45, 2.75) is 58.9 Å². The molecule has 0 aromatic heterocycles. The highest BCUT2D eigenvalue weighted by Gasteiger charge is 2.43. The average Bonchev–Trinajstić information content (AvgIpc) is 2.98. The van der Waals surface area contributed by atoms with Crippen LogP contribution in [0, 0.1) is 11.3 Å². The largest absolute Gasteiger partial charge is 0.464 e. The number of thioether (sulfide) groups is 1. The number of rotatable bonds is 6. The van der Waals surface area contributed by atoms with Gasteiger partial charge in [0, 0.05) is 22.8 Å². The first kappa shape index (κ1) is 22.1. The smallest absolute Gasteiger partial charge is 0.329 e. The highest BCUT2D eigenvalue weighted by Crippen LogP contribution is 2.44. The molecule has 0 spiro atoms. The zero-order chi connectivity index (χ0) is 20.2. The van der Waals surface area contributed by atoms with Crippen LogP contribution >= 0.6 is 23.4 Å². The van der Waals surface area contributed by atoms with Gasteiger partial charge in [-0.3, -0.25) is 4.79 Å². The van der Waals surface area contributed by atoms with E-state index in [2.05, 4.69) is 27.7 Å². The third kappa shape index (κ3) is 5.89. The van der Waals surface area contributed by atoms with Crippen molar-refractivity contribution in [3.05, 3.63) is 34.9 Å². The molecule has 1 aromatic carbocycles. The van der Waals surface area contributed by atoms with Gasteiger partial charge in [0.15, 0.2) is 0 Å². The summed E-state index contributed by atoms with van der Waals surface area (Å²) in [6, 6.07) is 6.95. The number of ether oxygens (including phenoxy) is 1. The molecule has 4 nitrogen and oxygen atoms in total. The maximum absolute atomic E-state index is 13.2. The molecule has 1 aliphatic rings. The van der Waals surface area contributed by atoms with Crippen LogP contribution in [0.15, 0.2) is 24.3 Å². The van der Waals surface area contributed by atoms with Crippen molar-refractivity contribution < 1.29 is 14.3 Å². The summed E-state index contributed by atoms with van der Waals surface area (Å²) in [6.07, 6.45) is 1.36. The minimum Gasteiger partial charge on any atom is -0.464 e. The van der Waals surface area contributed by atoms with Crippen LogP contribution in [-0.4, -0.2) is 35.2 Å². The van der Waals surface area contributed by atoms with Gasteiger partial charge in [-0.1, -0.05) is 57.5 Å². The number of nitrogens with zero attached hydrogens (tertiary/aromatic N) is 1. The van der Waals surface area contributed by atoms with E-state index < -0.39 is 6.04 Å². The van der Waals surface area contributed by atoms with Gasteiger partial charge in [0.05, 0.1) is 6.61 Å². The SMILES string of the molecule is CCOC(=O)[C@H]1CS[C@@H](c2ccccc2Cl)N1C(=O)C[C@@H](C)CC(C)(C)C. The summed E-state index contributed by atoms with van der Waals surface area (Å²) < 4.78 is 5.23. The molecule has 2 rings (SSSR count). The molecule has 150 valence electrons. The highest BCUT2D eigenvalue weighted by molar-refractivity contribution is 7.99. The standard InChI is InChI=1S/C21H30ClNO3S/c1-6-26-20(25)17-13-27-19(15-9-7-8-10-16(15)22)23(17)18(24)11-14(2)12-21(3,4)5/h7-10,14,17,19H,6,11-13H2,1-5H3/t14-,17-,19+/m1/s1. The zero-order valence-electron chi connectivity index (χ0n) is 16.8. The second-order valence-electron chi connectivity index (χ2n) is 8.35. The molecular weight excluding hydrogens is 382 g/mol. The van der Waals surface area contributed by atoms with Crippen LogP contribution in [0.25, 0.3) is 0 Å². The summed E-state index contributed by atoms with van der Waals surface area (Å²) in [7, 11) is 0. The van der Waals surface area contributed by atoms with E-state index in [4.69, 9.17) is 16.3 Å². The van der Waals surface area contributed by atoms with E-state index in [1.54, 1.807) is 23.6 Å². The molecule has 0 radical (unpaired) electrons. The van der Waals surface area contributed by atoms with Crippen molar-refractivity contribution in [2.24, 2.45) is 11.3 Å². The quantitative estimate of drug-likeness (QED) is 0.595. The van der Waals surface area contributed by atoms with E-state index >= 15 is 0 Å². The fourth-order valence-electron chi connectivity index (χ4n) is 3.67. The molecule has 1 aliphatic heterocycles. The second-order valence-corrected chi connectivity index (χ2v) is 9.87. The number of carbonyl (C=O) groups excluding carboxylic acids is 2. The first-order valence-corrected chi connectivity index (χ1v) is 10.9. The molecule has 0 unspecified atom stereocenters. The molecule has 1 aromatic rings. The number of halogens is 1. The summed E-state index contributed by atoms with van der Waals surface area (Å²) in [6.45, 7) is 10.7. The molecule has 1 amide bonds. The predicted octanol–water partition coefficient (Wildman–Crippen LogP) is 5.31. The zero-order valence-corrected chi connectivity index (χ0v) is 18.4. The fourth-order valence-corrected chi connectivity index (χ4v) is 5.44. The monoisotopic (exact) mass is 411 g/mol. The number of carbonyl (C=O) groups is 2. The molecular formula is C21H30ClNO3S. The van der Waals surface area contributed by atoms with E-state index in [1.807, 2.05) is 24.3 Å². The number of hydrogen-bond donors (Lipinski definition) is 0. The summed E-state index contributed by atoms with van der Waals surface area (Å²) in [5.41, 5.74) is 1.02. The Hall–Kier alpha value is -1.20. The molecule has 6 heteroatoms. The number of amides is 1. The number of hydrogen-bond acceptors (Lipinski definition) is 4. The second kappa shape index (κ2) is 9.33. The molecule has 0 aliphatic carbocycles. The summed E-state index contributed by atoms with van der Waals surface area (Å²) in [5, 5.41) is 0.350. The summed E-state index contributed by atoms with van der Waals surface area (Å²) in [4.78, 5) is 27.4. The predicted molar refractivity (Wildman–Crippen MR) is 112 cm³/mol. The first-order chi connectivity index (χ1) is 12.6. The van der Waals surface area contributed by atoms with E-state index in [0.717, 1.165) is 12.0 Å². The summed E-state index contributed by atoms with van der Waals surface area (Å²) >= 11 is 7.96. The number of benzene rings is 1. The molecule has 3 atom stereocenters. The Morgan fingerprint density at radius 3 is 2.59 bits per heavy atom. The van der Waals surface area contributed by atoms with Crippen LogP contribution < -0.4 is 0 Å². The van der Waals surface area contributed by atoms with Gasteiger partial charge in [-0.25, -0.2) is 4.79 Å². The van der Waals surface area contributed by atoms with E-state index in [-0.39, 0.29) is 28.6 Å². The normalized spacial score (nSPS) is 21.2. The van der Waals surface area contributed by atoms with Gasteiger partial charge in [-0.2, -0.15) is 0 Å². The Morgan fingerprint density at radius 2 is 2.00 bits per heavy atom. The Bertz CT molecular complexity index is 674. The van der Waals surface area contributed by atoms with Crippen molar-refractivity contribution in [1.29, 1.82) is 0 Å². The Balaban J connectivity index is 2.26. The van der Waals surface area contributed by atoms with Gasteiger partial charge < -0.3 is 9.64 Å². The lowest BCUT2D eigenvalue weighted by Gasteiger charge is -2.31. The van der Waals surface area contributed by atoms with Crippen molar-refractivity contribution in [3.8, 4) is 0 Å². The van der Waals surface area contributed by atoms with Crippen LogP contribution in [0.5, 0.6) is 0 Å². The average molecular weight is 412 g/mol. The minimum absolute atomic E-state index is 0.0141. The lowest BCUT2D eigenvalue weighted by atomic mass is 9.84. The topological polar surface area (TPSA) is 46.6 Å². The lowest BCUT2D eigenvalue weighted by Crippen LogP contribution is -2.44. The van der Waals surface area contributed by atoms with E-state index in [0.29, 0.717) is 23.8 Å². The highest BCUT2D eigenvalue weighted by atomic mass is 35.5. The van der Waals surface area contributed by atoms with E-state index in [1.165, 1.54) is 0 Å². The summed E-state index contributed by atoms with van der Waals surface area (Å²) in [5.74, 6) is 0.405. The van der Waals surface area contributed by atoms with Crippen molar-refractivity contribution in [3.63, 3.8) is 0 Å². The van der Waals surface area contributed by atoms with Crippen molar-refractivity contribution in [2.75, 3.05) is 12.4 Å². The molecule has 0 N–H and O–H groups in total. The van der Waals surface area contributed by atoms with Crippen LogP contribution in [0.2, 0.25) is 5.02 Å². The van der Waals surface area contributed by atoms with Crippen LogP contribution in [0.3, 0.4) is 0 Å². The maximum atomic E-state index is 13.2. The van der Waals surface area contributed by atoms with Gasteiger partial charge >= 0.3 is 5.97 Å². The van der Waals surface area contributed by atoms with Gasteiger partial charge in [0.25, 0.3) is 0 Å². The van der Waals surface area contributed by atoms with Crippen LogP contribution in [0.4, 0.5) is 0 Å². The molecule has 0 bridgehead atoms. The molecule has 1 saturated heterocycles. The van der Waals surface area contributed by atoms with E-state index in [9.17, 15) is 9.59 Å². The maximum Gasteiger partial charge on any atom is 0.329 e. The Labute approximate surface area is 172 Å². The third-order valence-electron chi connectivity index (χ3n) is 4.50.